The summed E-state index contributed by atoms with van der Waals surface area (Å²) < 4.78 is 1.84. The molecule has 3 rings (SSSR count). The lowest BCUT2D eigenvalue weighted by molar-refractivity contribution is 0.974. The van der Waals surface area contributed by atoms with Crippen LogP contribution in [0.2, 0.25) is 5.02 Å². The van der Waals surface area contributed by atoms with Crippen LogP contribution in [0.5, 0.6) is 0 Å². The van der Waals surface area contributed by atoms with Crippen LogP contribution in [0.15, 0.2) is 27.1 Å². The number of hydrogen-bond acceptors (Lipinski definition) is 3. The lowest BCUT2D eigenvalue weighted by atomic mass is 10.2. The van der Waals surface area contributed by atoms with Crippen molar-refractivity contribution in [1.29, 1.82) is 0 Å². The van der Waals surface area contributed by atoms with Gasteiger partial charge in [-0.25, -0.2) is 9.97 Å². The van der Waals surface area contributed by atoms with Crippen LogP contribution in [0.25, 0.3) is 11.4 Å². The van der Waals surface area contributed by atoms with E-state index in [1.54, 1.807) is 0 Å². The molecular weight excluding hydrogens is 417 g/mol. The van der Waals surface area contributed by atoms with Gasteiger partial charge in [0.05, 0.1) is 15.2 Å². The first kappa shape index (κ1) is 15.3. The van der Waals surface area contributed by atoms with Crippen molar-refractivity contribution in [1.82, 2.24) is 9.97 Å². The minimum absolute atomic E-state index is 0.550. The number of nitrogens with zero attached hydrogens (tertiary/aromatic N) is 2. The summed E-state index contributed by atoms with van der Waals surface area (Å²) in [5.41, 5.74) is 2.06. The number of benzene rings is 1. The molecule has 6 heteroatoms. The molecular formula is C15H14Br2ClN3. The number of anilines is 1. The van der Waals surface area contributed by atoms with E-state index in [-0.39, 0.29) is 0 Å². The minimum Gasteiger partial charge on any atom is -0.369 e. The van der Waals surface area contributed by atoms with E-state index in [2.05, 4.69) is 49.1 Å². The van der Waals surface area contributed by atoms with Gasteiger partial charge in [-0.05, 0) is 69.8 Å². The summed E-state index contributed by atoms with van der Waals surface area (Å²) in [5, 5.41) is 3.98. The van der Waals surface area contributed by atoms with Crippen molar-refractivity contribution in [2.24, 2.45) is 0 Å². The average molecular weight is 432 g/mol. The zero-order valence-electron chi connectivity index (χ0n) is 11.5. The van der Waals surface area contributed by atoms with Crippen LogP contribution in [-0.2, 0) is 0 Å². The third-order valence-electron chi connectivity index (χ3n) is 3.36. The van der Waals surface area contributed by atoms with Crippen LogP contribution in [-0.4, -0.2) is 16.5 Å². The maximum Gasteiger partial charge on any atom is 0.161 e. The van der Waals surface area contributed by atoms with Gasteiger partial charge in [-0.15, -0.1) is 0 Å². The van der Waals surface area contributed by atoms with Crippen LogP contribution in [0.3, 0.4) is 0 Å². The van der Waals surface area contributed by atoms with E-state index in [0.717, 1.165) is 38.4 Å². The van der Waals surface area contributed by atoms with Crippen LogP contribution >= 0.6 is 43.5 Å². The molecule has 0 aliphatic heterocycles. The monoisotopic (exact) mass is 429 g/mol. The van der Waals surface area contributed by atoms with E-state index in [1.165, 1.54) is 12.8 Å². The predicted molar refractivity (Wildman–Crippen MR) is 94.0 cm³/mol. The zero-order chi connectivity index (χ0) is 15.0. The quantitative estimate of drug-likeness (QED) is 0.682. The van der Waals surface area contributed by atoms with Crippen molar-refractivity contribution in [2.75, 3.05) is 11.9 Å². The van der Waals surface area contributed by atoms with E-state index in [9.17, 15) is 0 Å². The molecule has 2 aromatic rings. The SMILES string of the molecule is CCNc1nc(-c2ccc(Cl)c(Br)c2)nc(C2CC2)c1Br. The molecule has 0 radical (unpaired) electrons. The van der Waals surface area contributed by atoms with Gasteiger partial charge in [0.2, 0.25) is 0 Å². The second-order valence-electron chi connectivity index (χ2n) is 5.03. The van der Waals surface area contributed by atoms with Gasteiger partial charge in [-0.2, -0.15) is 0 Å². The van der Waals surface area contributed by atoms with Crippen LogP contribution < -0.4 is 5.32 Å². The Labute approximate surface area is 145 Å². The van der Waals surface area contributed by atoms with Gasteiger partial charge in [0, 0.05) is 22.5 Å². The van der Waals surface area contributed by atoms with Crippen LogP contribution in [0.4, 0.5) is 5.82 Å². The van der Waals surface area contributed by atoms with Crippen molar-refractivity contribution in [3.05, 3.63) is 37.9 Å². The summed E-state index contributed by atoms with van der Waals surface area (Å²) in [6, 6.07) is 5.76. The summed E-state index contributed by atoms with van der Waals surface area (Å²) in [4.78, 5) is 9.40. The van der Waals surface area contributed by atoms with E-state index < -0.39 is 0 Å². The summed E-state index contributed by atoms with van der Waals surface area (Å²) in [6.45, 7) is 2.88. The highest BCUT2D eigenvalue weighted by atomic mass is 79.9. The number of halogens is 3. The van der Waals surface area contributed by atoms with Gasteiger partial charge in [0.25, 0.3) is 0 Å². The van der Waals surface area contributed by atoms with Crippen molar-refractivity contribution in [2.45, 2.75) is 25.7 Å². The maximum atomic E-state index is 6.06. The molecule has 21 heavy (non-hydrogen) atoms. The van der Waals surface area contributed by atoms with Crippen molar-refractivity contribution in [3.8, 4) is 11.4 Å². The number of aromatic nitrogens is 2. The van der Waals surface area contributed by atoms with Gasteiger partial charge in [0.1, 0.15) is 5.82 Å². The largest absolute Gasteiger partial charge is 0.369 e. The Balaban J connectivity index is 2.10. The second-order valence-corrected chi connectivity index (χ2v) is 7.08. The third-order valence-corrected chi connectivity index (χ3v) is 5.36. The zero-order valence-corrected chi connectivity index (χ0v) is 15.4. The first-order valence-electron chi connectivity index (χ1n) is 6.87. The highest BCUT2D eigenvalue weighted by Crippen LogP contribution is 2.44. The Morgan fingerprint density at radius 1 is 1.29 bits per heavy atom. The molecule has 0 saturated heterocycles. The van der Waals surface area contributed by atoms with Crippen molar-refractivity contribution < 1.29 is 0 Å². The Hall–Kier alpha value is -0.650. The molecule has 1 aromatic heterocycles. The molecule has 1 saturated carbocycles. The molecule has 0 bridgehead atoms. The third kappa shape index (κ3) is 3.25. The molecule has 1 aliphatic carbocycles. The fraction of sp³-hybridized carbons (Fsp3) is 0.333. The van der Waals surface area contributed by atoms with Gasteiger partial charge >= 0.3 is 0 Å². The fourth-order valence-electron chi connectivity index (χ4n) is 2.14. The van der Waals surface area contributed by atoms with E-state index in [0.29, 0.717) is 10.9 Å². The molecule has 1 heterocycles. The molecule has 0 spiro atoms. The van der Waals surface area contributed by atoms with Crippen molar-refractivity contribution >= 4 is 49.3 Å². The molecule has 3 nitrogen and oxygen atoms in total. The lowest BCUT2D eigenvalue weighted by Crippen LogP contribution is -2.05. The maximum absolute atomic E-state index is 6.06. The molecule has 1 N–H and O–H groups in total. The highest BCUT2D eigenvalue weighted by molar-refractivity contribution is 9.11. The Morgan fingerprint density at radius 3 is 2.67 bits per heavy atom. The van der Waals surface area contributed by atoms with Crippen LogP contribution in [0.1, 0.15) is 31.4 Å². The number of rotatable bonds is 4. The van der Waals surface area contributed by atoms with Gasteiger partial charge in [-0.1, -0.05) is 11.6 Å². The van der Waals surface area contributed by atoms with Gasteiger partial charge < -0.3 is 5.32 Å². The Kier molecular flexibility index (Phi) is 4.52. The molecule has 1 aromatic carbocycles. The molecule has 0 amide bonds. The predicted octanol–water partition coefficient (Wildman–Crippen LogP) is 5.63. The lowest BCUT2D eigenvalue weighted by Gasteiger charge is -2.12. The van der Waals surface area contributed by atoms with Gasteiger partial charge in [-0.3, -0.25) is 0 Å². The average Bonchev–Trinajstić information content (AvgIpc) is 3.29. The number of hydrogen-bond donors (Lipinski definition) is 1. The minimum atomic E-state index is 0.550. The topological polar surface area (TPSA) is 37.8 Å². The normalized spacial score (nSPS) is 14.3. The van der Waals surface area contributed by atoms with Gasteiger partial charge in [0.15, 0.2) is 5.82 Å². The van der Waals surface area contributed by atoms with E-state index >= 15 is 0 Å². The molecule has 0 atom stereocenters. The van der Waals surface area contributed by atoms with E-state index in [4.69, 9.17) is 16.6 Å². The summed E-state index contributed by atoms with van der Waals surface area (Å²) in [7, 11) is 0. The highest BCUT2D eigenvalue weighted by Gasteiger charge is 2.29. The van der Waals surface area contributed by atoms with Crippen molar-refractivity contribution in [3.63, 3.8) is 0 Å². The summed E-state index contributed by atoms with van der Waals surface area (Å²) >= 11 is 13.2. The molecule has 1 aliphatic rings. The fourth-order valence-corrected chi connectivity index (χ4v) is 3.28. The Bertz CT molecular complexity index is 687. The summed E-state index contributed by atoms with van der Waals surface area (Å²) in [5.74, 6) is 2.14. The first-order chi connectivity index (χ1) is 10.1. The molecule has 110 valence electrons. The molecule has 1 fully saturated rings. The summed E-state index contributed by atoms with van der Waals surface area (Å²) in [6.07, 6.45) is 2.40. The Morgan fingerprint density at radius 2 is 2.05 bits per heavy atom. The number of nitrogens with one attached hydrogen (secondary N) is 1. The molecule has 0 unspecified atom stereocenters. The standard InChI is InChI=1S/C15H14Br2ClN3/c1-2-19-15-12(17)13(8-3-4-8)20-14(21-15)9-5-6-11(18)10(16)7-9/h5-8H,2-4H2,1H3,(H,19,20,21). The first-order valence-corrected chi connectivity index (χ1v) is 8.83. The van der Waals surface area contributed by atoms with Crippen LogP contribution in [0, 0.1) is 0 Å². The second kappa shape index (κ2) is 6.23. The van der Waals surface area contributed by atoms with E-state index in [1.807, 2.05) is 18.2 Å². The smallest absolute Gasteiger partial charge is 0.161 e.